The van der Waals surface area contributed by atoms with E-state index in [1.165, 1.54) is 11.3 Å². The molecule has 5 heteroatoms. The zero-order valence-corrected chi connectivity index (χ0v) is 8.52. The van der Waals surface area contributed by atoms with E-state index in [9.17, 15) is 4.79 Å². The number of amides is 1. The number of hydrogen-bond donors (Lipinski definition) is 1. The second kappa shape index (κ2) is 4.10. The topological polar surface area (TPSA) is 54.6 Å². The summed E-state index contributed by atoms with van der Waals surface area (Å²) < 4.78 is 1.73. The lowest BCUT2D eigenvalue weighted by atomic mass is 10.3. The number of rotatable bonds is 1. The Morgan fingerprint density at radius 2 is 2.07 bits per heavy atom. The van der Waals surface area contributed by atoms with E-state index < -0.39 is 6.09 Å². The Hall–Kier alpha value is -1.88. The molecule has 0 saturated carbocycles. The maximum Gasteiger partial charge on any atom is 0.433 e. The van der Waals surface area contributed by atoms with Gasteiger partial charge in [-0.05, 0) is 12.1 Å². The highest BCUT2D eigenvalue weighted by molar-refractivity contribution is 7.07. The lowest BCUT2D eigenvalue weighted by molar-refractivity contribution is 0.204. The van der Waals surface area contributed by atoms with Crippen molar-refractivity contribution in [2.45, 2.75) is 0 Å². The smallest absolute Gasteiger partial charge is 0.433 e. The van der Waals surface area contributed by atoms with Gasteiger partial charge in [0, 0.05) is 17.3 Å². The van der Waals surface area contributed by atoms with Crippen molar-refractivity contribution in [3.8, 4) is 5.69 Å². The molecule has 0 bridgehead atoms. The Balaban J connectivity index is 2.56. The second-order valence-corrected chi connectivity index (χ2v) is 3.66. The molecule has 0 radical (unpaired) electrons. The predicted molar refractivity (Wildman–Crippen MR) is 57.2 cm³/mol. The average molecular weight is 220 g/mol. The molecule has 15 heavy (non-hydrogen) atoms. The molecule has 1 N–H and O–H groups in total. The van der Waals surface area contributed by atoms with Crippen LogP contribution in [0.3, 0.4) is 0 Å². The molecule has 0 fully saturated rings. The van der Waals surface area contributed by atoms with Crippen molar-refractivity contribution in [1.82, 2.24) is 4.57 Å². The fourth-order valence-electron chi connectivity index (χ4n) is 1.22. The van der Waals surface area contributed by atoms with Crippen LogP contribution in [0.1, 0.15) is 0 Å². The van der Waals surface area contributed by atoms with Gasteiger partial charge in [0.2, 0.25) is 4.80 Å². The van der Waals surface area contributed by atoms with Crippen LogP contribution in [0, 0.1) is 0 Å². The zero-order valence-electron chi connectivity index (χ0n) is 7.70. The third-order valence-electron chi connectivity index (χ3n) is 1.82. The summed E-state index contributed by atoms with van der Waals surface area (Å²) in [5.74, 6) is 0. The summed E-state index contributed by atoms with van der Waals surface area (Å²) in [6.45, 7) is 0. The van der Waals surface area contributed by atoms with Crippen LogP contribution in [0.15, 0.2) is 46.9 Å². The van der Waals surface area contributed by atoms with Crippen LogP contribution in [0.4, 0.5) is 4.79 Å². The number of benzene rings is 1. The first-order chi connectivity index (χ1) is 7.27. The maximum atomic E-state index is 10.5. The number of aromatic nitrogens is 1. The maximum absolute atomic E-state index is 10.5. The highest BCUT2D eigenvalue weighted by atomic mass is 32.1. The van der Waals surface area contributed by atoms with Crippen LogP contribution >= 0.6 is 11.3 Å². The Kier molecular flexibility index (Phi) is 2.64. The second-order valence-electron chi connectivity index (χ2n) is 2.79. The summed E-state index contributed by atoms with van der Waals surface area (Å²) in [5.41, 5.74) is 0.902. The number of carbonyl (C=O) groups is 1. The summed E-state index contributed by atoms with van der Waals surface area (Å²) in [6.07, 6.45) is 0.615. The van der Waals surface area contributed by atoms with E-state index in [1.54, 1.807) is 16.1 Å². The standard InChI is InChI=1S/C10H8N2O2S/c13-10(14)11-9-12(6-7-15-9)8-4-2-1-3-5-8/h1-7H,(H,13,14)/b11-9+. The Labute approximate surface area is 89.8 Å². The van der Waals surface area contributed by atoms with Gasteiger partial charge in [-0.3, -0.25) is 4.57 Å². The van der Waals surface area contributed by atoms with E-state index in [0.717, 1.165) is 5.69 Å². The van der Waals surface area contributed by atoms with Gasteiger partial charge in [0.15, 0.2) is 0 Å². The van der Waals surface area contributed by atoms with Crippen LogP contribution in [-0.4, -0.2) is 15.8 Å². The monoisotopic (exact) mass is 220 g/mol. The van der Waals surface area contributed by atoms with E-state index in [2.05, 4.69) is 4.99 Å². The van der Waals surface area contributed by atoms with Crippen LogP contribution in [0.5, 0.6) is 0 Å². The highest BCUT2D eigenvalue weighted by Crippen LogP contribution is 2.04. The lowest BCUT2D eigenvalue weighted by Gasteiger charge is -2.00. The number of thiazole rings is 1. The van der Waals surface area contributed by atoms with E-state index in [4.69, 9.17) is 5.11 Å². The molecule has 0 aliphatic heterocycles. The van der Waals surface area contributed by atoms with Gasteiger partial charge in [-0.1, -0.05) is 18.2 Å². The van der Waals surface area contributed by atoms with Gasteiger partial charge in [0.25, 0.3) is 0 Å². The molecule has 0 aliphatic rings. The molecular formula is C10H8N2O2S. The summed E-state index contributed by atoms with van der Waals surface area (Å²) >= 11 is 1.29. The first-order valence-corrected chi connectivity index (χ1v) is 5.14. The van der Waals surface area contributed by atoms with Crippen molar-refractivity contribution in [3.05, 3.63) is 46.7 Å². The van der Waals surface area contributed by atoms with E-state index >= 15 is 0 Å². The van der Waals surface area contributed by atoms with Gasteiger partial charge in [0.05, 0.1) is 0 Å². The van der Waals surface area contributed by atoms with Crippen LogP contribution < -0.4 is 4.80 Å². The molecule has 0 unspecified atom stereocenters. The molecule has 1 aromatic heterocycles. The largest absolute Gasteiger partial charge is 0.463 e. The minimum atomic E-state index is -1.18. The number of nitrogens with zero attached hydrogens (tertiary/aromatic N) is 2. The van der Waals surface area contributed by atoms with Gasteiger partial charge in [0.1, 0.15) is 0 Å². The average Bonchev–Trinajstić information content (AvgIpc) is 2.66. The van der Waals surface area contributed by atoms with E-state index in [1.807, 2.05) is 30.3 Å². The van der Waals surface area contributed by atoms with Gasteiger partial charge >= 0.3 is 6.09 Å². The SMILES string of the molecule is O=C(O)/N=c1/sccn1-c1ccccc1. The fourth-order valence-corrected chi connectivity index (χ4v) is 1.93. The van der Waals surface area contributed by atoms with Crippen LogP contribution in [-0.2, 0) is 0 Å². The zero-order chi connectivity index (χ0) is 10.7. The van der Waals surface area contributed by atoms with Crippen molar-refractivity contribution in [2.24, 2.45) is 4.99 Å². The van der Waals surface area contributed by atoms with Gasteiger partial charge in [-0.15, -0.1) is 16.3 Å². The molecule has 2 aromatic rings. The van der Waals surface area contributed by atoms with Crippen LogP contribution in [0.25, 0.3) is 5.69 Å². The molecule has 0 saturated heterocycles. The number of hydrogen-bond acceptors (Lipinski definition) is 2. The number of para-hydroxylation sites is 1. The van der Waals surface area contributed by atoms with Crippen molar-refractivity contribution in [2.75, 3.05) is 0 Å². The van der Waals surface area contributed by atoms with Gasteiger partial charge in [-0.25, -0.2) is 4.79 Å². The Morgan fingerprint density at radius 1 is 1.33 bits per heavy atom. The summed E-state index contributed by atoms with van der Waals surface area (Å²) in [5, 5.41) is 10.4. The summed E-state index contributed by atoms with van der Waals surface area (Å²) in [6, 6.07) is 9.49. The molecule has 76 valence electrons. The molecule has 1 heterocycles. The quantitative estimate of drug-likeness (QED) is 0.800. The molecule has 1 amide bonds. The number of carboxylic acid groups (broad SMARTS) is 1. The van der Waals surface area contributed by atoms with Gasteiger partial charge < -0.3 is 5.11 Å². The molecule has 4 nitrogen and oxygen atoms in total. The first kappa shape index (κ1) is 9.67. The molecule has 0 atom stereocenters. The van der Waals surface area contributed by atoms with Gasteiger partial charge in [-0.2, -0.15) is 0 Å². The minimum absolute atomic E-state index is 0.453. The molecular weight excluding hydrogens is 212 g/mol. The van der Waals surface area contributed by atoms with E-state index in [-0.39, 0.29) is 0 Å². The van der Waals surface area contributed by atoms with E-state index in [0.29, 0.717) is 4.80 Å². The third-order valence-corrected chi connectivity index (χ3v) is 2.57. The normalized spacial score (nSPS) is 11.6. The lowest BCUT2D eigenvalue weighted by Crippen LogP contribution is -2.13. The Morgan fingerprint density at radius 3 is 2.73 bits per heavy atom. The van der Waals surface area contributed by atoms with Crippen molar-refractivity contribution < 1.29 is 9.90 Å². The molecule has 2 rings (SSSR count). The fraction of sp³-hybridized carbons (Fsp3) is 0. The predicted octanol–water partition coefficient (Wildman–Crippen LogP) is 2.12. The third kappa shape index (κ3) is 2.13. The minimum Gasteiger partial charge on any atom is -0.463 e. The highest BCUT2D eigenvalue weighted by Gasteiger charge is 1.99. The molecule has 0 spiro atoms. The van der Waals surface area contributed by atoms with Crippen molar-refractivity contribution in [3.63, 3.8) is 0 Å². The molecule has 0 aliphatic carbocycles. The summed E-state index contributed by atoms with van der Waals surface area (Å²) in [4.78, 5) is 14.4. The van der Waals surface area contributed by atoms with Crippen LogP contribution in [0.2, 0.25) is 0 Å². The Bertz CT molecular complexity index is 528. The van der Waals surface area contributed by atoms with Crippen molar-refractivity contribution >= 4 is 17.4 Å². The first-order valence-electron chi connectivity index (χ1n) is 4.26. The molecule has 1 aromatic carbocycles. The summed E-state index contributed by atoms with van der Waals surface area (Å²) in [7, 11) is 0. The van der Waals surface area contributed by atoms with Crippen molar-refractivity contribution in [1.29, 1.82) is 0 Å².